The second-order valence-corrected chi connectivity index (χ2v) is 9.17. The summed E-state index contributed by atoms with van der Waals surface area (Å²) in [5.41, 5.74) is 3.56. The third-order valence-corrected chi connectivity index (χ3v) is 6.58. The quantitative estimate of drug-likeness (QED) is 0.323. The Labute approximate surface area is 207 Å². The summed E-state index contributed by atoms with van der Waals surface area (Å²) in [5, 5.41) is 3.44. The van der Waals surface area contributed by atoms with Gasteiger partial charge in [-0.05, 0) is 56.5 Å². The van der Waals surface area contributed by atoms with Crippen LogP contribution in [-0.4, -0.2) is 24.0 Å². The van der Waals surface area contributed by atoms with Crippen LogP contribution in [-0.2, 0) is 6.18 Å². The van der Waals surface area contributed by atoms with Gasteiger partial charge in [0.2, 0.25) is 0 Å². The van der Waals surface area contributed by atoms with E-state index in [2.05, 4.69) is 5.32 Å². The van der Waals surface area contributed by atoms with Crippen LogP contribution in [0.25, 0.3) is 22.2 Å². The molecule has 0 unspecified atom stereocenters. The molecule has 4 aromatic rings. The van der Waals surface area contributed by atoms with E-state index < -0.39 is 17.6 Å². The van der Waals surface area contributed by atoms with E-state index in [1.54, 1.807) is 12.1 Å². The topological polar surface area (TPSA) is 45.2 Å². The predicted molar refractivity (Wildman–Crippen MR) is 137 cm³/mol. The average molecular weight is 490 g/mol. The summed E-state index contributed by atoms with van der Waals surface area (Å²) in [5.74, 6) is -0.473. The first-order chi connectivity index (χ1) is 17.3. The van der Waals surface area contributed by atoms with Crippen LogP contribution in [0.4, 0.5) is 24.5 Å². The number of nitrogens with one attached hydrogen (secondary N) is 1. The van der Waals surface area contributed by atoms with Gasteiger partial charge in [0.25, 0.3) is 5.91 Å². The molecule has 5 rings (SSSR count). The summed E-state index contributed by atoms with van der Waals surface area (Å²) in [7, 11) is 0. The van der Waals surface area contributed by atoms with Crippen molar-refractivity contribution in [2.45, 2.75) is 32.4 Å². The van der Waals surface area contributed by atoms with Crippen LogP contribution in [0.1, 0.15) is 40.7 Å². The Kier molecular flexibility index (Phi) is 6.39. The zero-order chi connectivity index (χ0) is 25.3. The highest BCUT2D eigenvalue weighted by molar-refractivity contribution is 6.14. The molecule has 1 amide bonds. The smallest absolute Gasteiger partial charge is 0.370 e. The molecule has 1 N–H and O–H groups in total. The van der Waals surface area contributed by atoms with Gasteiger partial charge in [0.1, 0.15) is 0 Å². The van der Waals surface area contributed by atoms with Crippen molar-refractivity contribution in [3.05, 3.63) is 89.5 Å². The summed E-state index contributed by atoms with van der Waals surface area (Å²) >= 11 is 0. The first kappa shape index (κ1) is 23.9. The van der Waals surface area contributed by atoms with Crippen molar-refractivity contribution < 1.29 is 18.0 Å². The van der Waals surface area contributed by atoms with Gasteiger partial charge in [0.15, 0.2) is 0 Å². The molecule has 4 nitrogen and oxygen atoms in total. The number of hydrogen-bond acceptors (Lipinski definition) is 3. The molecule has 0 atom stereocenters. The molecule has 2 heterocycles. The van der Waals surface area contributed by atoms with Gasteiger partial charge >= 0.3 is 6.18 Å². The molecule has 0 spiro atoms. The van der Waals surface area contributed by atoms with E-state index in [0.29, 0.717) is 27.8 Å². The highest BCUT2D eigenvalue weighted by Gasteiger charge is 2.32. The first-order valence-electron chi connectivity index (χ1n) is 12.0. The number of hydrogen-bond donors (Lipinski definition) is 1. The molecule has 1 aromatic heterocycles. The average Bonchev–Trinajstić information content (AvgIpc) is 2.88. The Hall–Kier alpha value is -3.87. The number of anilines is 2. The van der Waals surface area contributed by atoms with Crippen LogP contribution in [0.15, 0.2) is 72.8 Å². The van der Waals surface area contributed by atoms with Crippen LogP contribution in [0, 0.1) is 6.92 Å². The van der Waals surface area contributed by atoms with E-state index in [1.165, 1.54) is 6.07 Å². The van der Waals surface area contributed by atoms with Gasteiger partial charge in [0.05, 0.1) is 33.7 Å². The van der Waals surface area contributed by atoms with Crippen molar-refractivity contribution in [1.29, 1.82) is 0 Å². The zero-order valence-corrected chi connectivity index (χ0v) is 19.9. The molecule has 0 saturated carbocycles. The number of benzene rings is 3. The zero-order valence-electron chi connectivity index (χ0n) is 19.9. The van der Waals surface area contributed by atoms with E-state index >= 15 is 0 Å². The number of nitrogens with zero attached hydrogens (tertiary/aromatic N) is 2. The molecule has 3 aromatic carbocycles. The lowest BCUT2D eigenvalue weighted by atomic mass is 10.0. The van der Waals surface area contributed by atoms with Gasteiger partial charge < -0.3 is 10.2 Å². The van der Waals surface area contributed by atoms with Crippen LogP contribution in [0.2, 0.25) is 0 Å². The molecule has 184 valence electrons. The number of alkyl halides is 3. The monoisotopic (exact) mass is 489 g/mol. The van der Waals surface area contributed by atoms with Crippen LogP contribution >= 0.6 is 0 Å². The van der Waals surface area contributed by atoms with E-state index in [1.807, 2.05) is 54.3 Å². The fourth-order valence-electron chi connectivity index (χ4n) is 4.65. The summed E-state index contributed by atoms with van der Waals surface area (Å²) in [6.07, 6.45) is -1.50. The van der Waals surface area contributed by atoms with Crippen LogP contribution < -0.4 is 10.2 Å². The third kappa shape index (κ3) is 4.91. The van der Waals surface area contributed by atoms with Crippen LogP contribution in [0.5, 0.6) is 0 Å². The lowest BCUT2D eigenvalue weighted by molar-refractivity contribution is -0.137. The highest BCUT2D eigenvalue weighted by Crippen LogP contribution is 2.37. The third-order valence-electron chi connectivity index (χ3n) is 6.58. The molecule has 1 aliphatic rings. The number of carbonyl (C=O) groups is 1. The maximum Gasteiger partial charge on any atom is 0.416 e. The Morgan fingerprint density at radius 1 is 0.917 bits per heavy atom. The fraction of sp³-hybridized carbons (Fsp3) is 0.241. The molecule has 36 heavy (non-hydrogen) atoms. The largest absolute Gasteiger partial charge is 0.416 e. The minimum absolute atomic E-state index is 0.162. The molecule has 1 fully saturated rings. The molecular formula is C29H26F3N3O. The Morgan fingerprint density at radius 2 is 1.64 bits per heavy atom. The minimum Gasteiger partial charge on any atom is -0.370 e. The SMILES string of the molecule is Cc1ccc(-c2cc(C(=O)Nc3cc(C(F)(F)F)ccc3N3CCCCC3)c3ccccc3n2)cc1. The molecule has 1 saturated heterocycles. The minimum atomic E-state index is -4.51. The van der Waals surface area contributed by atoms with Gasteiger partial charge in [-0.1, -0.05) is 48.0 Å². The Balaban J connectivity index is 1.58. The van der Waals surface area contributed by atoms with E-state index in [-0.39, 0.29) is 5.69 Å². The molecule has 0 radical (unpaired) electrons. The van der Waals surface area contributed by atoms with E-state index in [0.717, 1.165) is 55.6 Å². The number of fused-ring (bicyclic) bond motifs is 1. The van der Waals surface area contributed by atoms with Crippen molar-refractivity contribution >= 4 is 28.2 Å². The standard InChI is InChI=1S/C29H26F3N3O/c1-19-9-11-20(12-10-19)25-18-23(22-7-3-4-8-24(22)33-25)28(36)34-26-17-21(29(30,31)32)13-14-27(26)35-15-5-2-6-16-35/h3-4,7-14,17-18H,2,5-6,15-16H2,1H3,(H,34,36). The van der Waals surface area contributed by atoms with E-state index in [4.69, 9.17) is 4.98 Å². The maximum atomic E-state index is 13.6. The van der Waals surface area contributed by atoms with Gasteiger partial charge in [-0.2, -0.15) is 13.2 Å². The molecule has 0 bridgehead atoms. The number of para-hydroxylation sites is 1. The number of aromatic nitrogens is 1. The number of halogens is 3. The normalized spacial score (nSPS) is 14.2. The Morgan fingerprint density at radius 3 is 2.36 bits per heavy atom. The number of aryl methyl sites for hydroxylation is 1. The highest BCUT2D eigenvalue weighted by atomic mass is 19.4. The Bertz CT molecular complexity index is 1410. The molecule has 7 heteroatoms. The second-order valence-electron chi connectivity index (χ2n) is 9.17. The molecular weight excluding hydrogens is 463 g/mol. The van der Waals surface area contributed by atoms with Gasteiger partial charge in [-0.3, -0.25) is 4.79 Å². The lowest BCUT2D eigenvalue weighted by Gasteiger charge is -2.31. The first-order valence-corrected chi connectivity index (χ1v) is 12.0. The number of pyridine rings is 1. The fourth-order valence-corrected chi connectivity index (χ4v) is 4.65. The van der Waals surface area contributed by atoms with Gasteiger partial charge in [-0.25, -0.2) is 4.98 Å². The summed E-state index contributed by atoms with van der Waals surface area (Å²) in [6.45, 7) is 3.47. The number of rotatable bonds is 4. The number of carbonyl (C=O) groups excluding carboxylic acids is 1. The van der Waals surface area contributed by atoms with Crippen molar-refractivity contribution in [3.63, 3.8) is 0 Å². The van der Waals surface area contributed by atoms with Gasteiger partial charge in [0, 0.05) is 24.0 Å². The van der Waals surface area contributed by atoms with Crippen molar-refractivity contribution in [2.24, 2.45) is 0 Å². The van der Waals surface area contributed by atoms with Crippen LogP contribution in [0.3, 0.4) is 0 Å². The van der Waals surface area contributed by atoms with Gasteiger partial charge in [-0.15, -0.1) is 0 Å². The van der Waals surface area contributed by atoms with Crippen molar-refractivity contribution in [2.75, 3.05) is 23.3 Å². The summed E-state index contributed by atoms with van der Waals surface area (Å²) in [6, 6.07) is 20.4. The van der Waals surface area contributed by atoms with Crippen molar-refractivity contribution in [1.82, 2.24) is 4.98 Å². The maximum absolute atomic E-state index is 13.6. The molecule has 0 aliphatic carbocycles. The number of piperidine rings is 1. The number of amides is 1. The summed E-state index contributed by atoms with van der Waals surface area (Å²) < 4.78 is 40.6. The lowest BCUT2D eigenvalue weighted by Crippen LogP contribution is -2.30. The van der Waals surface area contributed by atoms with Crippen molar-refractivity contribution in [3.8, 4) is 11.3 Å². The predicted octanol–water partition coefficient (Wildman–Crippen LogP) is 7.47. The molecule has 1 aliphatic heterocycles. The van der Waals surface area contributed by atoms with E-state index in [9.17, 15) is 18.0 Å². The second kappa shape index (κ2) is 9.64. The summed E-state index contributed by atoms with van der Waals surface area (Å²) in [4.78, 5) is 20.4.